The second kappa shape index (κ2) is 5.99. The van der Waals surface area contributed by atoms with Crippen LogP contribution in [0.25, 0.3) is 0 Å². The van der Waals surface area contributed by atoms with E-state index in [0.717, 1.165) is 0 Å². The molecule has 0 bridgehead atoms. The maximum Gasteiger partial charge on any atom is 0.312 e. The minimum absolute atomic E-state index is 0.134. The van der Waals surface area contributed by atoms with Gasteiger partial charge in [-0.05, 0) is 0 Å². The van der Waals surface area contributed by atoms with E-state index in [1.165, 1.54) is 4.31 Å². The van der Waals surface area contributed by atoms with Crippen LogP contribution in [0.1, 0.15) is 0 Å². The molecule has 0 aromatic rings. The summed E-state index contributed by atoms with van der Waals surface area (Å²) in [6.07, 6.45) is 0. The van der Waals surface area contributed by atoms with Gasteiger partial charge in [0.05, 0.1) is 0 Å². The second-order valence-corrected chi connectivity index (χ2v) is 5.09. The summed E-state index contributed by atoms with van der Waals surface area (Å²) in [5.74, 6) is 0. The van der Waals surface area contributed by atoms with Crippen molar-refractivity contribution in [2.24, 2.45) is 5.73 Å². The fourth-order valence-electron chi connectivity index (χ4n) is 1.34. The summed E-state index contributed by atoms with van der Waals surface area (Å²) in [6, 6.07) is -0.665. The molecule has 0 aromatic heterocycles. The molecule has 1 aliphatic rings. The first-order chi connectivity index (χ1) is 7.52. The van der Waals surface area contributed by atoms with Crippen LogP contribution in [0, 0.1) is 0 Å². The molecule has 1 fully saturated rings. The van der Waals surface area contributed by atoms with Gasteiger partial charge in [0.2, 0.25) is 0 Å². The number of hydrogen-bond donors (Lipinski definition) is 4. The van der Waals surface area contributed by atoms with Crippen molar-refractivity contribution < 1.29 is 13.2 Å². The van der Waals surface area contributed by atoms with Crippen LogP contribution < -0.4 is 21.1 Å². The van der Waals surface area contributed by atoms with Gasteiger partial charge in [-0.15, -0.1) is 0 Å². The van der Waals surface area contributed by atoms with E-state index in [0.29, 0.717) is 26.2 Å². The Morgan fingerprint density at radius 1 is 1.31 bits per heavy atom. The number of amides is 2. The van der Waals surface area contributed by atoms with Gasteiger partial charge in [-0.1, -0.05) is 0 Å². The van der Waals surface area contributed by atoms with Crippen molar-refractivity contribution in [2.45, 2.75) is 0 Å². The van der Waals surface area contributed by atoms with Gasteiger partial charge < -0.3 is 16.4 Å². The molecule has 0 aromatic carbocycles. The highest BCUT2D eigenvalue weighted by molar-refractivity contribution is 7.87. The van der Waals surface area contributed by atoms with Crippen molar-refractivity contribution in [3.05, 3.63) is 0 Å². The smallest absolute Gasteiger partial charge is 0.312 e. The van der Waals surface area contributed by atoms with E-state index in [2.05, 4.69) is 15.4 Å². The Hall–Kier alpha value is -0.900. The minimum Gasteiger partial charge on any atom is -0.352 e. The summed E-state index contributed by atoms with van der Waals surface area (Å²) in [6.45, 7) is 2.54. The van der Waals surface area contributed by atoms with Crippen LogP contribution in [-0.2, 0) is 10.2 Å². The number of nitrogens with one attached hydrogen (secondary N) is 3. The van der Waals surface area contributed by atoms with E-state index in [4.69, 9.17) is 5.73 Å². The maximum atomic E-state index is 11.7. The van der Waals surface area contributed by atoms with Crippen LogP contribution in [0.4, 0.5) is 4.79 Å². The number of primary amides is 1. The zero-order chi connectivity index (χ0) is 12.0. The van der Waals surface area contributed by atoms with Crippen LogP contribution in [0.15, 0.2) is 0 Å². The molecule has 0 aliphatic carbocycles. The second-order valence-electron chi connectivity index (χ2n) is 3.34. The summed E-state index contributed by atoms with van der Waals surface area (Å²) in [7, 11) is -3.43. The number of nitrogens with two attached hydrogens (primary N) is 1. The largest absolute Gasteiger partial charge is 0.352 e. The Morgan fingerprint density at radius 3 is 2.50 bits per heavy atom. The number of carbonyl (C=O) groups is 1. The number of piperazine rings is 1. The molecule has 2 amide bonds. The van der Waals surface area contributed by atoms with E-state index in [-0.39, 0.29) is 13.1 Å². The zero-order valence-corrected chi connectivity index (χ0v) is 9.72. The summed E-state index contributed by atoms with van der Waals surface area (Å²) in [5, 5.41) is 5.36. The number of hydrogen-bond acceptors (Lipinski definition) is 4. The van der Waals surface area contributed by atoms with Gasteiger partial charge in [-0.3, -0.25) is 0 Å². The summed E-state index contributed by atoms with van der Waals surface area (Å²) >= 11 is 0. The highest BCUT2D eigenvalue weighted by Gasteiger charge is 2.22. The Kier molecular flexibility index (Phi) is 4.93. The van der Waals surface area contributed by atoms with Gasteiger partial charge in [0, 0.05) is 39.3 Å². The molecule has 8 nitrogen and oxygen atoms in total. The van der Waals surface area contributed by atoms with Gasteiger partial charge in [0.15, 0.2) is 0 Å². The summed E-state index contributed by atoms with van der Waals surface area (Å²) < 4.78 is 27.1. The van der Waals surface area contributed by atoms with Gasteiger partial charge >= 0.3 is 6.03 Å². The molecule has 94 valence electrons. The molecule has 0 spiro atoms. The van der Waals surface area contributed by atoms with Crippen molar-refractivity contribution >= 4 is 16.2 Å². The molecule has 1 heterocycles. The monoisotopic (exact) mass is 251 g/mol. The molecule has 1 rings (SSSR count). The van der Waals surface area contributed by atoms with Crippen LogP contribution >= 0.6 is 0 Å². The normalized spacial score (nSPS) is 18.2. The molecular formula is C7H17N5O3S. The number of nitrogens with zero attached hydrogens (tertiary/aromatic N) is 1. The van der Waals surface area contributed by atoms with Gasteiger partial charge in [-0.2, -0.15) is 12.7 Å². The molecule has 5 N–H and O–H groups in total. The topological polar surface area (TPSA) is 117 Å². The highest BCUT2D eigenvalue weighted by atomic mass is 32.2. The summed E-state index contributed by atoms with van der Waals surface area (Å²) in [5.41, 5.74) is 4.84. The predicted octanol–water partition coefficient (Wildman–Crippen LogP) is -2.61. The van der Waals surface area contributed by atoms with E-state index < -0.39 is 16.2 Å². The Balaban J connectivity index is 2.30. The average molecular weight is 251 g/mol. The quantitative estimate of drug-likeness (QED) is 0.401. The van der Waals surface area contributed by atoms with Crippen molar-refractivity contribution in [1.82, 2.24) is 19.7 Å². The molecule has 0 saturated carbocycles. The number of urea groups is 1. The standard InChI is InChI=1S/C7H17N5O3S/c8-7(13)10-1-2-11-16(14,15)12-5-3-9-4-6-12/h9,11H,1-6H2,(H3,8,10,13). The fraction of sp³-hybridized carbons (Fsp3) is 0.857. The van der Waals surface area contributed by atoms with Crippen molar-refractivity contribution in [3.63, 3.8) is 0 Å². The van der Waals surface area contributed by atoms with Crippen LogP contribution in [0.2, 0.25) is 0 Å². The number of carbonyl (C=O) groups excluding carboxylic acids is 1. The Morgan fingerprint density at radius 2 is 1.94 bits per heavy atom. The Bertz CT molecular complexity index is 325. The van der Waals surface area contributed by atoms with Crippen molar-refractivity contribution in [3.8, 4) is 0 Å². The van der Waals surface area contributed by atoms with E-state index in [9.17, 15) is 13.2 Å². The first-order valence-electron chi connectivity index (χ1n) is 5.01. The third-order valence-electron chi connectivity index (χ3n) is 2.12. The summed E-state index contributed by atoms with van der Waals surface area (Å²) in [4.78, 5) is 10.3. The SMILES string of the molecule is NC(=O)NCCNS(=O)(=O)N1CCNCC1. The zero-order valence-electron chi connectivity index (χ0n) is 8.90. The lowest BCUT2D eigenvalue weighted by molar-refractivity contribution is 0.249. The van der Waals surface area contributed by atoms with Crippen LogP contribution in [0.5, 0.6) is 0 Å². The van der Waals surface area contributed by atoms with Gasteiger partial charge in [-0.25, -0.2) is 9.52 Å². The van der Waals surface area contributed by atoms with E-state index in [1.807, 2.05) is 0 Å². The van der Waals surface area contributed by atoms with Crippen molar-refractivity contribution in [1.29, 1.82) is 0 Å². The first kappa shape index (κ1) is 13.2. The molecule has 0 unspecified atom stereocenters. The van der Waals surface area contributed by atoms with Crippen molar-refractivity contribution in [2.75, 3.05) is 39.3 Å². The lowest BCUT2D eigenvalue weighted by atomic mass is 10.4. The third-order valence-corrected chi connectivity index (χ3v) is 3.74. The maximum absolute atomic E-state index is 11.7. The van der Waals surface area contributed by atoms with Crippen LogP contribution in [-0.4, -0.2) is 58.0 Å². The minimum atomic E-state index is -3.43. The fourth-order valence-corrected chi connectivity index (χ4v) is 2.55. The van der Waals surface area contributed by atoms with E-state index >= 15 is 0 Å². The van der Waals surface area contributed by atoms with E-state index in [1.54, 1.807) is 0 Å². The Labute approximate surface area is 94.7 Å². The molecule has 16 heavy (non-hydrogen) atoms. The molecule has 9 heteroatoms. The van der Waals surface area contributed by atoms with Crippen LogP contribution in [0.3, 0.4) is 0 Å². The third kappa shape index (κ3) is 4.31. The molecule has 1 aliphatic heterocycles. The average Bonchev–Trinajstić information content (AvgIpc) is 2.26. The molecule has 0 radical (unpaired) electrons. The molecular weight excluding hydrogens is 234 g/mol. The van der Waals surface area contributed by atoms with Gasteiger partial charge in [0.25, 0.3) is 10.2 Å². The van der Waals surface area contributed by atoms with Gasteiger partial charge in [0.1, 0.15) is 0 Å². The lowest BCUT2D eigenvalue weighted by Gasteiger charge is -2.26. The molecule has 0 atom stereocenters. The molecule has 1 saturated heterocycles. The number of rotatable bonds is 5. The highest BCUT2D eigenvalue weighted by Crippen LogP contribution is 1.98. The first-order valence-corrected chi connectivity index (χ1v) is 6.45. The predicted molar refractivity (Wildman–Crippen MR) is 59.0 cm³/mol. The lowest BCUT2D eigenvalue weighted by Crippen LogP contribution is -2.51.